The Morgan fingerprint density at radius 3 is 2.73 bits per heavy atom. The Morgan fingerprint density at radius 1 is 1.32 bits per heavy atom. The minimum Gasteiger partial charge on any atom is -0.494 e. The summed E-state index contributed by atoms with van der Waals surface area (Å²) in [5, 5.41) is 0. The number of hydrogen-bond acceptors (Lipinski definition) is 3. The zero-order valence-electron chi connectivity index (χ0n) is 13.3. The van der Waals surface area contributed by atoms with Crippen LogP contribution in [-0.2, 0) is 4.79 Å². The Bertz CT molecular complexity index is 460. The molecule has 1 aromatic rings. The monoisotopic (exact) mass is 326 g/mol. The Balaban J connectivity index is 0.00000242. The summed E-state index contributed by atoms with van der Waals surface area (Å²) < 4.78 is 5.69. The van der Waals surface area contributed by atoms with Gasteiger partial charge in [-0.2, -0.15) is 0 Å². The quantitative estimate of drug-likeness (QED) is 0.818. The van der Waals surface area contributed by atoms with Gasteiger partial charge in [-0.1, -0.05) is 12.1 Å². The third-order valence-corrected chi connectivity index (χ3v) is 3.94. The van der Waals surface area contributed by atoms with E-state index in [-0.39, 0.29) is 24.4 Å². The SMILES string of the molecule is Cc1cccc(OCCCCC(=O)N2CCC(N)CC2)c1.Cl. The molecule has 4 nitrogen and oxygen atoms in total. The van der Waals surface area contributed by atoms with E-state index in [2.05, 4.69) is 13.0 Å². The number of ether oxygens (including phenoxy) is 1. The number of nitrogens with two attached hydrogens (primary N) is 1. The highest BCUT2D eigenvalue weighted by Crippen LogP contribution is 2.14. The molecule has 1 aromatic carbocycles. The van der Waals surface area contributed by atoms with Crippen LogP contribution in [-0.4, -0.2) is 36.5 Å². The number of hydrogen-bond donors (Lipinski definition) is 1. The zero-order valence-corrected chi connectivity index (χ0v) is 14.1. The number of aryl methyl sites for hydroxylation is 1. The Kier molecular flexibility index (Phi) is 8.28. The first-order chi connectivity index (χ1) is 10.1. The molecule has 0 aromatic heterocycles. The third kappa shape index (κ3) is 6.24. The normalized spacial score (nSPS) is 15.3. The minimum absolute atomic E-state index is 0. The maximum atomic E-state index is 12.0. The van der Waals surface area contributed by atoms with Crippen LogP contribution < -0.4 is 10.5 Å². The van der Waals surface area contributed by atoms with Crippen molar-refractivity contribution in [1.82, 2.24) is 4.90 Å². The van der Waals surface area contributed by atoms with Gasteiger partial charge in [0.25, 0.3) is 0 Å². The summed E-state index contributed by atoms with van der Waals surface area (Å²) in [5.41, 5.74) is 7.05. The molecule has 1 fully saturated rings. The molecule has 2 rings (SSSR count). The number of likely N-dealkylation sites (tertiary alicyclic amines) is 1. The molecule has 1 aliphatic rings. The molecule has 0 spiro atoms. The van der Waals surface area contributed by atoms with Gasteiger partial charge in [0.05, 0.1) is 6.61 Å². The first kappa shape index (κ1) is 18.8. The molecule has 1 heterocycles. The number of amides is 1. The van der Waals surface area contributed by atoms with Crippen molar-refractivity contribution in [2.24, 2.45) is 5.73 Å². The van der Waals surface area contributed by atoms with Gasteiger partial charge in [0.1, 0.15) is 5.75 Å². The third-order valence-electron chi connectivity index (χ3n) is 3.94. The summed E-state index contributed by atoms with van der Waals surface area (Å²) in [6.45, 7) is 4.36. The fraction of sp³-hybridized carbons (Fsp3) is 0.588. The molecule has 0 radical (unpaired) electrons. The van der Waals surface area contributed by atoms with E-state index in [9.17, 15) is 4.79 Å². The summed E-state index contributed by atoms with van der Waals surface area (Å²) in [6, 6.07) is 8.32. The molecule has 1 aliphatic heterocycles. The number of carbonyl (C=O) groups excluding carboxylic acids is 1. The van der Waals surface area contributed by atoms with Gasteiger partial charge in [-0.05, 0) is 50.3 Å². The average Bonchev–Trinajstić information content (AvgIpc) is 2.47. The van der Waals surface area contributed by atoms with Gasteiger partial charge in [0.2, 0.25) is 5.91 Å². The van der Waals surface area contributed by atoms with E-state index in [1.54, 1.807) is 0 Å². The molecular formula is C17H27ClN2O2. The number of halogens is 1. The first-order valence-corrected chi connectivity index (χ1v) is 7.88. The maximum Gasteiger partial charge on any atom is 0.222 e. The number of rotatable bonds is 6. The van der Waals surface area contributed by atoms with Gasteiger partial charge in [0.15, 0.2) is 0 Å². The van der Waals surface area contributed by atoms with E-state index in [4.69, 9.17) is 10.5 Å². The Labute approximate surface area is 139 Å². The molecule has 0 unspecified atom stereocenters. The van der Waals surface area contributed by atoms with E-state index in [1.807, 2.05) is 23.1 Å². The van der Waals surface area contributed by atoms with Gasteiger partial charge < -0.3 is 15.4 Å². The second-order valence-corrected chi connectivity index (χ2v) is 5.84. The van der Waals surface area contributed by atoms with Crippen LogP contribution in [0.2, 0.25) is 0 Å². The summed E-state index contributed by atoms with van der Waals surface area (Å²) in [7, 11) is 0. The predicted octanol–water partition coefficient (Wildman–Crippen LogP) is 2.92. The standard InChI is InChI=1S/C17H26N2O2.ClH/c1-14-5-4-6-16(13-14)21-12-3-2-7-17(20)19-10-8-15(18)9-11-19;/h4-6,13,15H,2-3,7-12,18H2,1H3;1H. The van der Waals surface area contributed by atoms with Gasteiger partial charge in [-0.15, -0.1) is 12.4 Å². The van der Waals surface area contributed by atoms with Crippen molar-refractivity contribution in [1.29, 1.82) is 0 Å². The van der Waals surface area contributed by atoms with Crippen LogP contribution in [0.25, 0.3) is 0 Å². The first-order valence-electron chi connectivity index (χ1n) is 7.88. The van der Waals surface area contributed by atoms with Gasteiger partial charge in [-0.3, -0.25) is 4.79 Å². The lowest BCUT2D eigenvalue weighted by Gasteiger charge is -2.30. The highest BCUT2D eigenvalue weighted by Gasteiger charge is 2.19. The highest BCUT2D eigenvalue weighted by molar-refractivity contribution is 5.85. The summed E-state index contributed by atoms with van der Waals surface area (Å²) in [6.07, 6.45) is 4.27. The lowest BCUT2D eigenvalue weighted by Crippen LogP contribution is -2.42. The molecule has 22 heavy (non-hydrogen) atoms. The Hall–Kier alpha value is -1.26. The van der Waals surface area contributed by atoms with Crippen molar-refractivity contribution in [2.75, 3.05) is 19.7 Å². The number of carbonyl (C=O) groups is 1. The predicted molar refractivity (Wildman–Crippen MR) is 91.6 cm³/mol. The summed E-state index contributed by atoms with van der Waals surface area (Å²) in [4.78, 5) is 14.0. The number of unbranched alkanes of at least 4 members (excludes halogenated alkanes) is 1. The molecule has 5 heteroatoms. The molecule has 0 aliphatic carbocycles. The molecule has 0 saturated carbocycles. The smallest absolute Gasteiger partial charge is 0.222 e. The van der Waals surface area contributed by atoms with Crippen LogP contribution in [0.1, 0.15) is 37.7 Å². The van der Waals surface area contributed by atoms with Crippen LogP contribution in [0.15, 0.2) is 24.3 Å². The van der Waals surface area contributed by atoms with E-state index in [0.29, 0.717) is 13.0 Å². The largest absolute Gasteiger partial charge is 0.494 e. The van der Waals surface area contributed by atoms with Crippen LogP contribution in [0.3, 0.4) is 0 Å². The van der Waals surface area contributed by atoms with Gasteiger partial charge in [0, 0.05) is 25.6 Å². The number of piperidine rings is 1. The van der Waals surface area contributed by atoms with Crippen molar-refractivity contribution in [3.63, 3.8) is 0 Å². The van der Waals surface area contributed by atoms with Crippen molar-refractivity contribution >= 4 is 18.3 Å². The van der Waals surface area contributed by atoms with Gasteiger partial charge >= 0.3 is 0 Å². The molecule has 1 amide bonds. The topological polar surface area (TPSA) is 55.6 Å². The van der Waals surface area contributed by atoms with Crippen molar-refractivity contribution < 1.29 is 9.53 Å². The lowest BCUT2D eigenvalue weighted by molar-refractivity contribution is -0.132. The van der Waals surface area contributed by atoms with E-state index >= 15 is 0 Å². The zero-order chi connectivity index (χ0) is 15.1. The van der Waals surface area contributed by atoms with Crippen LogP contribution in [0.4, 0.5) is 0 Å². The fourth-order valence-electron chi connectivity index (χ4n) is 2.58. The van der Waals surface area contributed by atoms with Gasteiger partial charge in [-0.25, -0.2) is 0 Å². The summed E-state index contributed by atoms with van der Waals surface area (Å²) in [5.74, 6) is 1.17. The van der Waals surface area contributed by atoms with E-state index < -0.39 is 0 Å². The van der Waals surface area contributed by atoms with E-state index in [1.165, 1.54) is 5.56 Å². The number of nitrogens with zero attached hydrogens (tertiary/aromatic N) is 1. The molecular weight excluding hydrogens is 300 g/mol. The molecule has 0 atom stereocenters. The second-order valence-electron chi connectivity index (χ2n) is 5.84. The lowest BCUT2D eigenvalue weighted by atomic mass is 10.1. The molecule has 1 saturated heterocycles. The number of benzene rings is 1. The van der Waals surface area contributed by atoms with Crippen LogP contribution in [0.5, 0.6) is 5.75 Å². The molecule has 2 N–H and O–H groups in total. The Morgan fingerprint density at radius 2 is 2.05 bits per heavy atom. The average molecular weight is 327 g/mol. The summed E-state index contributed by atoms with van der Waals surface area (Å²) >= 11 is 0. The van der Waals surface area contributed by atoms with Crippen LogP contribution in [0, 0.1) is 6.92 Å². The maximum absolute atomic E-state index is 12.0. The van der Waals surface area contributed by atoms with Crippen LogP contribution >= 0.6 is 12.4 Å². The van der Waals surface area contributed by atoms with E-state index in [0.717, 1.165) is 44.5 Å². The van der Waals surface area contributed by atoms with Crippen molar-refractivity contribution in [3.05, 3.63) is 29.8 Å². The molecule has 0 bridgehead atoms. The fourth-order valence-corrected chi connectivity index (χ4v) is 2.58. The molecule has 124 valence electrons. The highest BCUT2D eigenvalue weighted by atomic mass is 35.5. The van der Waals surface area contributed by atoms with Crippen molar-refractivity contribution in [2.45, 2.75) is 45.1 Å². The second kappa shape index (κ2) is 9.70. The minimum atomic E-state index is 0. The van der Waals surface area contributed by atoms with Crippen molar-refractivity contribution in [3.8, 4) is 5.75 Å².